The van der Waals surface area contributed by atoms with Gasteiger partial charge < -0.3 is 5.32 Å². The van der Waals surface area contributed by atoms with E-state index >= 15 is 0 Å². The molecule has 2 aliphatic heterocycles. The molecule has 2 unspecified atom stereocenters. The van der Waals surface area contributed by atoms with Gasteiger partial charge in [0.2, 0.25) is 0 Å². The summed E-state index contributed by atoms with van der Waals surface area (Å²) in [5.74, 6) is -0.0508. The topological polar surface area (TPSA) is 79.4 Å². The molecule has 6 nitrogen and oxygen atoms in total. The Kier molecular flexibility index (Phi) is 5.37. The fourth-order valence-corrected chi connectivity index (χ4v) is 7.56. The van der Waals surface area contributed by atoms with E-state index in [9.17, 15) is 13.2 Å². The molecule has 2 fully saturated rings. The molecule has 2 aliphatic rings. The number of carbonyl (C=O) groups excluding carboxylic acids is 1. The molecule has 4 heterocycles. The number of sulfone groups is 1. The number of amides is 1. The Morgan fingerprint density at radius 1 is 1.26 bits per heavy atom. The van der Waals surface area contributed by atoms with Crippen LogP contribution >= 0.6 is 22.7 Å². The van der Waals surface area contributed by atoms with Crippen LogP contribution in [0.5, 0.6) is 0 Å². The maximum atomic E-state index is 12.9. The third-order valence-corrected chi connectivity index (χ3v) is 8.87. The highest BCUT2D eigenvalue weighted by atomic mass is 32.2. The molecular weight excluding hydrogens is 402 g/mol. The number of hydrogen-bond donors (Lipinski definition) is 1. The molecule has 2 aromatic rings. The summed E-state index contributed by atoms with van der Waals surface area (Å²) in [5, 5.41) is 7.83. The second-order valence-corrected chi connectivity index (χ2v) is 11.2. The first-order valence-electron chi connectivity index (χ1n) is 9.18. The predicted octanol–water partition coefficient (Wildman–Crippen LogP) is 2.56. The lowest BCUT2D eigenvalue weighted by Gasteiger charge is -2.34. The van der Waals surface area contributed by atoms with Crippen molar-refractivity contribution in [2.75, 3.05) is 24.6 Å². The first-order valence-corrected chi connectivity index (χ1v) is 12.8. The molecule has 2 saturated heterocycles. The van der Waals surface area contributed by atoms with Crippen LogP contribution in [0.2, 0.25) is 0 Å². The predicted molar refractivity (Wildman–Crippen MR) is 109 cm³/mol. The Balaban J connectivity index is 1.52. The van der Waals surface area contributed by atoms with Crippen molar-refractivity contribution in [1.82, 2.24) is 15.2 Å². The number of rotatable bonds is 4. The van der Waals surface area contributed by atoms with E-state index in [1.807, 2.05) is 23.8 Å². The fraction of sp³-hybridized carbons (Fsp3) is 0.556. The van der Waals surface area contributed by atoms with Gasteiger partial charge in [0.25, 0.3) is 5.91 Å². The lowest BCUT2D eigenvalue weighted by molar-refractivity contribution is 0.0903. The van der Waals surface area contributed by atoms with Crippen molar-refractivity contribution in [3.8, 4) is 10.6 Å². The van der Waals surface area contributed by atoms with E-state index in [1.54, 1.807) is 11.3 Å². The van der Waals surface area contributed by atoms with Crippen molar-refractivity contribution < 1.29 is 13.2 Å². The third kappa shape index (κ3) is 4.11. The summed E-state index contributed by atoms with van der Waals surface area (Å²) in [5.41, 5.74) is 1.70. The largest absolute Gasteiger partial charge is 0.346 e. The number of aryl methyl sites for hydroxylation is 1. The molecule has 1 amide bonds. The van der Waals surface area contributed by atoms with E-state index in [0.717, 1.165) is 36.5 Å². The molecule has 2 aromatic heterocycles. The lowest BCUT2D eigenvalue weighted by Crippen LogP contribution is -2.52. The number of nitrogens with zero attached hydrogens (tertiary/aromatic N) is 2. The maximum Gasteiger partial charge on any atom is 0.263 e. The molecule has 0 saturated carbocycles. The van der Waals surface area contributed by atoms with Crippen LogP contribution in [0.4, 0.5) is 0 Å². The smallest absolute Gasteiger partial charge is 0.263 e. The van der Waals surface area contributed by atoms with E-state index in [0.29, 0.717) is 10.6 Å². The Labute approximate surface area is 167 Å². The van der Waals surface area contributed by atoms with Gasteiger partial charge >= 0.3 is 0 Å². The van der Waals surface area contributed by atoms with Crippen molar-refractivity contribution in [1.29, 1.82) is 0 Å². The summed E-state index contributed by atoms with van der Waals surface area (Å²) >= 11 is 2.96. The van der Waals surface area contributed by atoms with E-state index in [2.05, 4.69) is 15.2 Å². The molecule has 146 valence electrons. The second-order valence-electron chi connectivity index (χ2n) is 7.27. The van der Waals surface area contributed by atoms with Gasteiger partial charge in [-0.05, 0) is 44.3 Å². The Morgan fingerprint density at radius 3 is 2.74 bits per heavy atom. The number of hydrogen-bond acceptors (Lipinski definition) is 7. The van der Waals surface area contributed by atoms with Crippen molar-refractivity contribution in [2.45, 2.75) is 38.3 Å². The normalized spacial score (nSPS) is 25.5. The highest BCUT2D eigenvalue weighted by Crippen LogP contribution is 2.30. The van der Waals surface area contributed by atoms with Gasteiger partial charge in [0.15, 0.2) is 9.84 Å². The molecule has 1 N–H and O–H groups in total. The third-order valence-electron chi connectivity index (χ3n) is 5.27. The molecular formula is C18H23N3O3S3. The van der Waals surface area contributed by atoms with Crippen LogP contribution in [0.25, 0.3) is 10.6 Å². The number of thiophene rings is 1. The Bertz CT molecular complexity index is 915. The standard InChI is InChI=1S/C18H23N3O3S3/c1-12-16(26-18(19-12)13-5-8-25-9-13)17(22)20-14-10-27(23,24)11-15(14)21-6-3-2-4-7-21/h5,8-9,14-15H,2-4,6-7,10-11H2,1H3,(H,20,22). The first-order chi connectivity index (χ1) is 12.9. The molecule has 9 heteroatoms. The average Bonchev–Trinajstić information content (AvgIpc) is 3.34. The quantitative estimate of drug-likeness (QED) is 0.814. The summed E-state index contributed by atoms with van der Waals surface area (Å²) in [6, 6.07) is 1.51. The minimum Gasteiger partial charge on any atom is -0.346 e. The minimum absolute atomic E-state index is 0.0230. The summed E-state index contributed by atoms with van der Waals surface area (Å²) in [6.07, 6.45) is 3.38. The van der Waals surface area contributed by atoms with E-state index in [-0.39, 0.29) is 29.5 Å². The van der Waals surface area contributed by atoms with Gasteiger partial charge in [-0.15, -0.1) is 11.3 Å². The van der Waals surface area contributed by atoms with Crippen molar-refractivity contribution in [3.05, 3.63) is 27.4 Å². The van der Waals surface area contributed by atoms with Gasteiger partial charge in [-0.2, -0.15) is 11.3 Å². The van der Waals surface area contributed by atoms with Crippen LogP contribution in [0, 0.1) is 6.92 Å². The van der Waals surface area contributed by atoms with Crippen LogP contribution in [-0.2, 0) is 9.84 Å². The van der Waals surface area contributed by atoms with Gasteiger partial charge in [-0.3, -0.25) is 9.69 Å². The van der Waals surface area contributed by atoms with Crippen molar-refractivity contribution in [2.24, 2.45) is 0 Å². The molecule has 2 atom stereocenters. The van der Waals surface area contributed by atoms with Crippen LogP contribution < -0.4 is 5.32 Å². The van der Waals surface area contributed by atoms with Crippen molar-refractivity contribution in [3.63, 3.8) is 0 Å². The number of carbonyl (C=O) groups is 1. The lowest BCUT2D eigenvalue weighted by atomic mass is 10.0. The number of nitrogens with one attached hydrogen (secondary N) is 1. The van der Waals surface area contributed by atoms with Crippen LogP contribution in [0.15, 0.2) is 16.8 Å². The van der Waals surface area contributed by atoms with Crippen LogP contribution in [-0.4, -0.2) is 60.9 Å². The molecule has 4 rings (SSSR count). The second kappa shape index (κ2) is 7.62. The molecule has 0 aromatic carbocycles. The highest BCUT2D eigenvalue weighted by molar-refractivity contribution is 7.91. The minimum atomic E-state index is -3.13. The zero-order chi connectivity index (χ0) is 19.0. The molecule has 0 spiro atoms. The Morgan fingerprint density at radius 2 is 2.04 bits per heavy atom. The van der Waals surface area contributed by atoms with Gasteiger partial charge in [-0.1, -0.05) is 6.42 Å². The van der Waals surface area contributed by atoms with Gasteiger partial charge in [0, 0.05) is 17.0 Å². The summed E-state index contributed by atoms with van der Waals surface area (Å²) in [4.78, 5) is 20.2. The van der Waals surface area contributed by atoms with E-state index in [1.165, 1.54) is 17.8 Å². The number of piperidine rings is 1. The van der Waals surface area contributed by atoms with E-state index < -0.39 is 9.84 Å². The van der Waals surface area contributed by atoms with Crippen LogP contribution in [0.3, 0.4) is 0 Å². The zero-order valence-electron chi connectivity index (χ0n) is 15.2. The SMILES string of the molecule is Cc1nc(-c2ccsc2)sc1C(=O)NC1CS(=O)(=O)CC1N1CCCCC1. The maximum absolute atomic E-state index is 12.9. The molecule has 0 bridgehead atoms. The monoisotopic (exact) mass is 425 g/mol. The fourth-order valence-electron chi connectivity index (χ4n) is 3.93. The van der Waals surface area contributed by atoms with Crippen molar-refractivity contribution >= 4 is 38.4 Å². The summed E-state index contributed by atoms with van der Waals surface area (Å²) < 4.78 is 24.5. The Hall–Kier alpha value is -1.29. The number of thiazole rings is 1. The summed E-state index contributed by atoms with van der Waals surface area (Å²) in [7, 11) is -3.13. The highest BCUT2D eigenvalue weighted by Gasteiger charge is 2.42. The van der Waals surface area contributed by atoms with Gasteiger partial charge in [-0.25, -0.2) is 13.4 Å². The number of likely N-dealkylation sites (tertiary alicyclic amines) is 1. The van der Waals surface area contributed by atoms with Crippen LogP contribution in [0.1, 0.15) is 34.6 Å². The summed E-state index contributed by atoms with van der Waals surface area (Å²) in [6.45, 7) is 3.65. The van der Waals surface area contributed by atoms with E-state index in [4.69, 9.17) is 0 Å². The van der Waals surface area contributed by atoms with Gasteiger partial charge in [0.05, 0.1) is 23.2 Å². The first kappa shape index (κ1) is 19.0. The molecule has 0 radical (unpaired) electrons. The average molecular weight is 426 g/mol. The number of aromatic nitrogens is 1. The molecule has 27 heavy (non-hydrogen) atoms. The molecule has 0 aliphatic carbocycles. The van der Waals surface area contributed by atoms with Gasteiger partial charge in [0.1, 0.15) is 9.88 Å². The zero-order valence-corrected chi connectivity index (χ0v) is 17.6.